The third-order valence-corrected chi connectivity index (χ3v) is 6.97. The molecular weight excluding hydrogens is 345 g/mol. The van der Waals surface area contributed by atoms with Gasteiger partial charge >= 0.3 is 0 Å². The van der Waals surface area contributed by atoms with Crippen molar-refractivity contribution in [2.75, 3.05) is 12.8 Å². The van der Waals surface area contributed by atoms with Crippen molar-refractivity contribution in [3.05, 3.63) is 69.0 Å². The van der Waals surface area contributed by atoms with Crippen LogP contribution < -0.4 is 0 Å². The van der Waals surface area contributed by atoms with E-state index in [2.05, 4.69) is 15.2 Å². The van der Waals surface area contributed by atoms with Crippen molar-refractivity contribution in [1.29, 1.82) is 0 Å². The second-order valence-electron chi connectivity index (χ2n) is 5.37. The van der Waals surface area contributed by atoms with E-state index in [4.69, 9.17) is 0 Å². The highest BCUT2D eigenvalue weighted by Crippen LogP contribution is 2.46. The second kappa shape index (κ2) is 6.14. The van der Waals surface area contributed by atoms with Crippen LogP contribution in [-0.4, -0.2) is 32.9 Å². The topological polar surface area (TPSA) is 58.1 Å². The van der Waals surface area contributed by atoms with Gasteiger partial charge < -0.3 is 0 Å². The fourth-order valence-corrected chi connectivity index (χ4v) is 5.68. The molecule has 2 aliphatic heterocycles. The van der Waals surface area contributed by atoms with E-state index in [1.54, 1.807) is 24.4 Å². The smallest absolute Gasteiger partial charge is 0.132 e. The van der Waals surface area contributed by atoms with E-state index < -0.39 is 10.8 Å². The van der Waals surface area contributed by atoms with Crippen LogP contribution in [0.2, 0.25) is 0 Å². The van der Waals surface area contributed by atoms with Gasteiger partial charge in [0, 0.05) is 23.9 Å². The molecule has 122 valence electrons. The normalized spacial score (nSPS) is 20.4. The molecule has 0 saturated heterocycles. The molecule has 0 fully saturated rings. The van der Waals surface area contributed by atoms with Crippen molar-refractivity contribution in [3.63, 3.8) is 0 Å². The van der Waals surface area contributed by atoms with E-state index in [-0.39, 0.29) is 5.82 Å². The minimum absolute atomic E-state index is 0.314. The van der Waals surface area contributed by atoms with Crippen molar-refractivity contribution in [2.24, 2.45) is 4.99 Å². The van der Waals surface area contributed by atoms with Crippen molar-refractivity contribution in [3.8, 4) is 0 Å². The minimum Gasteiger partial charge on any atom is -0.284 e. The number of aliphatic imine (C=N–C) groups is 1. The molecule has 3 heterocycles. The summed E-state index contributed by atoms with van der Waals surface area (Å²) in [4.78, 5) is 5.31. The van der Waals surface area contributed by atoms with E-state index >= 15 is 0 Å². The zero-order chi connectivity index (χ0) is 16.7. The van der Waals surface area contributed by atoms with Crippen LogP contribution >= 0.6 is 11.8 Å². The maximum Gasteiger partial charge on any atom is 0.132 e. The van der Waals surface area contributed by atoms with Gasteiger partial charge in [0.15, 0.2) is 0 Å². The van der Waals surface area contributed by atoms with Crippen LogP contribution in [0, 0.1) is 5.82 Å². The third kappa shape index (κ3) is 2.31. The number of nitrogens with zero attached hydrogens (tertiary/aromatic N) is 2. The molecule has 0 radical (unpaired) electrons. The number of aromatic amines is 1. The zero-order valence-corrected chi connectivity index (χ0v) is 14.5. The first kappa shape index (κ1) is 15.5. The minimum atomic E-state index is -1.30. The Morgan fingerprint density at radius 1 is 1.29 bits per heavy atom. The summed E-state index contributed by atoms with van der Waals surface area (Å²) in [6.45, 7) is 0.555. The van der Waals surface area contributed by atoms with E-state index in [0.29, 0.717) is 24.2 Å². The lowest BCUT2D eigenvalue weighted by Crippen LogP contribution is -2.15. The summed E-state index contributed by atoms with van der Waals surface area (Å²) in [5.41, 5.74) is 3.61. The highest BCUT2D eigenvalue weighted by atomic mass is 32.2. The standard InChI is InChI=1S/C17H14FN3OS2/c1-23-17-14-11(16(24(17)22)13-7-9-20-21-13)6-8-19-15(14)10-4-2-3-5-12(10)18/h2-5,7,9H,6,8H2,1H3,(H,20,21). The number of H-pyrrole nitrogens is 1. The van der Waals surface area contributed by atoms with Crippen LogP contribution in [0.15, 0.2) is 56.9 Å². The average molecular weight is 359 g/mol. The number of thioether (sulfide) groups is 1. The summed E-state index contributed by atoms with van der Waals surface area (Å²) in [5.74, 6) is -0.314. The molecule has 4 nitrogen and oxygen atoms in total. The quantitative estimate of drug-likeness (QED) is 0.913. The first-order valence-corrected chi connectivity index (χ1v) is 9.83. The van der Waals surface area contributed by atoms with Crippen LogP contribution in [0.25, 0.3) is 4.91 Å². The van der Waals surface area contributed by atoms with E-state index in [1.807, 2.05) is 12.3 Å². The Kier molecular flexibility index (Phi) is 3.97. The summed E-state index contributed by atoms with van der Waals surface area (Å²) in [6.07, 6.45) is 4.23. The number of nitrogens with one attached hydrogen (secondary N) is 1. The predicted octanol–water partition coefficient (Wildman–Crippen LogP) is 3.49. The molecule has 0 bridgehead atoms. The molecule has 1 N–H and O–H groups in total. The second-order valence-corrected chi connectivity index (χ2v) is 7.80. The molecular formula is C17H14FN3OS2. The summed E-state index contributed by atoms with van der Waals surface area (Å²) >= 11 is 1.43. The van der Waals surface area contributed by atoms with Crippen LogP contribution in [0.5, 0.6) is 0 Å². The maximum absolute atomic E-state index is 14.3. The molecule has 7 heteroatoms. The molecule has 1 atom stereocenters. The number of halogens is 1. The number of benzene rings is 1. The summed E-state index contributed by atoms with van der Waals surface area (Å²) in [5, 5.41) is 6.87. The Bertz CT molecular complexity index is 929. The zero-order valence-electron chi connectivity index (χ0n) is 12.9. The van der Waals surface area contributed by atoms with Gasteiger partial charge in [-0.25, -0.2) is 8.60 Å². The Labute approximate surface area is 145 Å². The molecule has 1 aromatic heterocycles. The van der Waals surface area contributed by atoms with Crippen molar-refractivity contribution >= 4 is 33.2 Å². The molecule has 0 spiro atoms. The van der Waals surface area contributed by atoms with Gasteiger partial charge in [0.2, 0.25) is 0 Å². The summed E-state index contributed by atoms with van der Waals surface area (Å²) < 4.78 is 28.1. The monoisotopic (exact) mass is 359 g/mol. The number of hydrogen-bond acceptors (Lipinski definition) is 4. The highest BCUT2D eigenvalue weighted by molar-refractivity contribution is 8.19. The molecule has 0 amide bonds. The van der Waals surface area contributed by atoms with Crippen molar-refractivity contribution in [2.45, 2.75) is 6.42 Å². The Balaban J connectivity index is 1.94. The van der Waals surface area contributed by atoms with Gasteiger partial charge in [-0.3, -0.25) is 10.1 Å². The lowest BCUT2D eigenvalue weighted by atomic mass is 9.91. The van der Waals surface area contributed by atoms with Gasteiger partial charge in [-0.1, -0.05) is 12.1 Å². The molecule has 24 heavy (non-hydrogen) atoms. The lowest BCUT2D eigenvalue weighted by Gasteiger charge is -2.18. The number of rotatable bonds is 3. The highest BCUT2D eigenvalue weighted by Gasteiger charge is 2.37. The number of fused-ring (bicyclic) bond motifs is 1. The van der Waals surface area contributed by atoms with Gasteiger partial charge in [0.05, 0.1) is 31.3 Å². The van der Waals surface area contributed by atoms with Gasteiger partial charge in [-0.15, -0.1) is 11.8 Å². The molecule has 4 rings (SSSR count). The molecule has 1 aromatic carbocycles. The van der Waals surface area contributed by atoms with E-state index in [1.165, 1.54) is 17.8 Å². The number of allylic oxidation sites excluding steroid dienone is 1. The van der Waals surface area contributed by atoms with Crippen molar-refractivity contribution < 1.29 is 8.60 Å². The molecule has 1 unspecified atom stereocenters. The van der Waals surface area contributed by atoms with Crippen LogP contribution in [0.1, 0.15) is 17.7 Å². The lowest BCUT2D eigenvalue weighted by molar-refractivity contribution is 0.625. The van der Waals surface area contributed by atoms with Gasteiger partial charge in [0.1, 0.15) is 5.82 Å². The maximum atomic E-state index is 14.3. The van der Waals surface area contributed by atoms with Gasteiger partial charge in [0.25, 0.3) is 0 Å². The molecule has 0 aliphatic carbocycles. The Hall–Kier alpha value is -1.99. The SMILES string of the molecule is CSC1=C2C(c3ccccc3F)=NCCC2=C(c2ccn[nH]2)S1=O. The summed E-state index contributed by atoms with van der Waals surface area (Å²) in [6, 6.07) is 8.41. The predicted molar refractivity (Wildman–Crippen MR) is 96.6 cm³/mol. The van der Waals surface area contributed by atoms with Crippen LogP contribution in [0.3, 0.4) is 0 Å². The largest absolute Gasteiger partial charge is 0.284 e. The van der Waals surface area contributed by atoms with Gasteiger partial charge in [-0.05, 0) is 36.4 Å². The number of hydrogen-bond donors (Lipinski definition) is 1. The number of aromatic nitrogens is 2. The van der Waals surface area contributed by atoms with Crippen molar-refractivity contribution in [1.82, 2.24) is 10.2 Å². The van der Waals surface area contributed by atoms with Gasteiger partial charge in [-0.2, -0.15) is 5.10 Å². The Morgan fingerprint density at radius 3 is 2.83 bits per heavy atom. The van der Waals surface area contributed by atoms with Crippen LogP contribution in [-0.2, 0) is 10.8 Å². The third-order valence-electron chi connectivity index (χ3n) is 4.06. The first-order chi connectivity index (χ1) is 11.7. The Morgan fingerprint density at radius 2 is 2.12 bits per heavy atom. The first-order valence-electron chi connectivity index (χ1n) is 7.45. The van der Waals surface area contributed by atoms with Crippen LogP contribution in [0.4, 0.5) is 4.39 Å². The van der Waals surface area contributed by atoms with E-state index in [0.717, 1.165) is 26.0 Å². The summed E-state index contributed by atoms with van der Waals surface area (Å²) in [7, 11) is -1.30. The fraction of sp³-hybridized carbons (Fsp3) is 0.176. The fourth-order valence-electron chi connectivity index (χ4n) is 3.07. The average Bonchev–Trinajstić information content (AvgIpc) is 3.20. The van der Waals surface area contributed by atoms with E-state index in [9.17, 15) is 8.60 Å². The molecule has 0 saturated carbocycles. The molecule has 2 aliphatic rings. The molecule has 2 aromatic rings.